The van der Waals surface area contributed by atoms with Crippen LogP contribution in [0, 0.1) is 0 Å². The number of carbonyl (C=O) groups excluding carboxylic acids is 1. The molecule has 92 valence electrons. The minimum absolute atomic E-state index is 0.190. The van der Waals surface area contributed by atoms with Crippen LogP contribution in [0.25, 0.3) is 0 Å². The van der Waals surface area contributed by atoms with Crippen molar-refractivity contribution >= 4 is 5.91 Å². The van der Waals surface area contributed by atoms with Crippen molar-refractivity contribution in [1.82, 2.24) is 10.3 Å². The van der Waals surface area contributed by atoms with Gasteiger partial charge in [-0.2, -0.15) is 0 Å². The molecule has 0 aliphatic heterocycles. The molecule has 0 aliphatic carbocycles. The molecule has 18 heavy (non-hydrogen) atoms. The number of rotatable bonds is 4. The maximum Gasteiger partial charge on any atom is 0.241 e. The van der Waals surface area contributed by atoms with Gasteiger partial charge in [-0.05, 0) is 17.2 Å². The van der Waals surface area contributed by atoms with Crippen LogP contribution < -0.4 is 11.1 Å². The Morgan fingerprint density at radius 2 is 2.00 bits per heavy atom. The molecule has 1 aromatic carbocycles. The number of aromatic nitrogens is 1. The zero-order valence-electron chi connectivity index (χ0n) is 9.91. The number of nitrogens with zero attached hydrogens (tertiary/aromatic N) is 1. The Morgan fingerprint density at radius 3 is 2.67 bits per heavy atom. The SMILES string of the molecule is N[C@@H](C(=O)NCc1cccnc1)c1ccccc1. The summed E-state index contributed by atoms with van der Waals surface area (Å²) in [5.74, 6) is -0.190. The molecule has 4 nitrogen and oxygen atoms in total. The smallest absolute Gasteiger partial charge is 0.241 e. The van der Waals surface area contributed by atoms with Crippen LogP contribution in [0.15, 0.2) is 54.9 Å². The van der Waals surface area contributed by atoms with E-state index in [1.807, 2.05) is 42.5 Å². The van der Waals surface area contributed by atoms with E-state index in [9.17, 15) is 4.79 Å². The summed E-state index contributed by atoms with van der Waals surface area (Å²) < 4.78 is 0. The van der Waals surface area contributed by atoms with Gasteiger partial charge in [0, 0.05) is 18.9 Å². The van der Waals surface area contributed by atoms with Crippen LogP contribution in [0.1, 0.15) is 17.2 Å². The summed E-state index contributed by atoms with van der Waals surface area (Å²) in [6, 6.07) is 12.4. The van der Waals surface area contributed by atoms with Crippen molar-refractivity contribution in [2.75, 3.05) is 0 Å². The average molecular weight is 241 g/mol. The number of hydrogen-bond donors (Lipinski definition) is 2. The van der Waals surface area contributed by atoms with Gasteiger partial charge in [0.2, 0.25) is 5.91 Å². The second kappa shape index (κ2) is 5.93. The Hall–Kier alpha value is -2.20. The molecule has 0 unspecified atom stereocenters. The molecule has 0 aliphatic rings. The van der Waals surface area contributed by atoms with Crippen LogP contribution in [-0.4, -0.2) is 10.9 Å². The van der Waals surface area contributed by atoms with Gasteiger partial charge in [-0.3, -0.25) is 9.78 Å². The second-order valence-corrected chi connectivity index (χ2v) is 3.97. The van der Waals surface area contributed by atoms with Gasteiger partial charge in [-0.25, -0.2) is 0 Å². The molecule has 0 saturated heterocycles. The van der Waals surface area contributed by atoms with Gasteiger partial charge in [0.15, 0.2) is 0 Å². The molecular weight excluding hydrogens is 226 g/mol. The Balaban J connectivity index is 1.93. The van der Waals surface area contributed by atoms with Crippen molar-refractivity contribution in [3.05, 3.63) is 66.0 Å². The lowest BCUT2D eigenvalue weighted by Crippen LogP contribution is -2.33. The average Bonchev–Trinajstić information content (AvgIpc) is 2.46. The first-order chi connectivity index (χ1) is 8.77. The van der Waals surface area contributed by atoms with Crippen molar-refractivity contribution < 1.29 is 4.79 Å². The summed E-state index contributed by atoms with van der Waals surface area (Å²) in [5.41, 5.74) is 7.63. The zero-order chi connectivity index (χ0) is 12.8. The molecule has 3 N–H and O–H groups in total. The minimum atomic E-state index is -0.636. The lowest BCUT2D eigenvalue weighted by molar-refractivity contribution is -0.122. The molecule has 0 bridgehead atoms. The van der Waals surface area contributed by atoms with Crippen molar-refractivity contribution in [2.45, 2.75) is 12.6 Å². The fourth-order valence-corrected chi connectivity index (χ4v) is 1.61. The van der Waals surface area contributed by atoms with Gasteiger partial charge < -0.3 is 11.1 Å². The molecule has 1 amide bonds. The van der Waals surface area contributed by atoms with Gasteiger partial charge in [-0.1, -0.05) is 36.4 Å². The van der Waals surface area contributed by atoms with Crippen LogP contribution in [0.4, 0.5) is 0 Å². The van der Waals surface area contributed by atoms with E-state index in [4.69, 9.17) is 5.73 Å². The second-order valence-electron chi connectivity index (χ2n) is 3.97. The first kappa shape index (κ1) is 12.3. The molecular formula is C14H15N3O. The van der Waals surface area contributed by atoms with Crippen LogP contribution in [0.5, 0.6) is 0 Å². The Kier molecular flexibility index (Phi) is 4.04. The maximum absolute atomic E-state index is 11.9. The molecule has 1 aromatic heterocycles. The highest BCUT2D eigenvalue weighted by molar-refractivity contribution is 5.82. The predicted molar refractivity (Wildman–Crippen MR) is 69.5 cm³/mol. The zero-order valence-corrected chi connectivity index (χ0v) is 9.91. The van der Waals surface area contributed by atoms with Gasteiger partial charge in [0.05, 0.1) is 0 Å². The van der Waals surface area contributed by atoms with Crippen molar-refractivity contribution in [2.24, 2.45) is 5.73 Å². The summed E-state index contributed by atoms with van der Waals surface area (Å²) in [6.07, 6.45) is 3.41. The topological polar surface area (TPSA) is 68.0 Å². The number of benzene rings is 1. The molecule has 0 radical (unpaired) electrons. The third-order valence-electron chi connectivity index (χ3n) is 2.63. The molecule has 2 rings (SSSR count). The summed E-state index contributed by atoms with van der Waals surface area (Å²) in [5, 5.41) is 2.79. The lowest BCUT2D eigenvalue weighted by atomic mass is 10.1. The number of amides is 1. The molecule has 0 fully saturated rings. The van der Waals surface area contributed by atoms with E-state index >= 15 is 0 Å². The Morgan fingerprint density at radius 1 is 1.22 bits per heavy atom. The van der Waals surface area contributed by atoms with Crippen molar-refractivity contribution in [3.63, 3.8) is 0 Å². The van der Waals surface area contributed by atoms with E-state index in [0.29, 0.717) is 6.54 Å². The van der Waals surface area contributed by atoms with E-state index in [0.717, 1.165) is 11.1 Å². The van der Waals surface area contributed by atoms with Crippen LogP contribution in [-0.2, 0) is 11.3 Å². The Labute approximate surface area is 106 Å². The maximum atomic E-state index is 11.9. The normalized spacial score (nSPS) is 11.8. The number of hydrogen-bond acceptors (Lipinski definition) is 3. The van der Waals surface area contributed by atoms with E-state index < -0.39 is 6.04 Å². The number of pyridine rings is 1. The molecule has 1 heterocycles. The van der Waals surface area contributed by atoms with E-state index in [1.165, 1.54) is 0 Å². The molecule has 1 atom stereocenters. The van der Waals surface area contributed by atoms with Crippen LogP contribution >= 0.6 is 0 Å². The highest BCUT2D eigenvalue weighted by Crippen LogP contribution is 2.09. The summed E-state index contributed by atoms with van der Waals surface area (Å²) in [6.45, 7) is 0.438. The third-order valence-corrected chi connectivity index (χ3v) is 2.63. The van der Waals surface area contributed by atoms with Gasteiger partial charge in [-0.15, -0.1) is 0 Å². The largest absolute Gasteiger partial charge is 0.350 e. The fraction of sp³-hybridized carbons (Fsp3) is 0.143. The van der Waals surface area contributed by atoms with Crippen LogP contribution in [0.3, 0.4) is 0 Å². The highest BCUT2D eigenvalue weighted by atomic mass is 16.2. The molecule has 0 saturated carbocycles. The third kappa shape index (κ3) is 3.15. The number of carbonyl (C=O) groups is 1. The quantitative estimate of drug-likeness (QED) is 0.850. The minimum Gasteiger partial charge on any atom is -0.350 e. The molecule has 4 heteroatoms. The van der Waals surface area contributed by atoms with E-state index in [-0.39, 0.29) is 5.91 Å². The summed E-state index contributed by atoms with van der Waals surface area (Å²) in [4.78, 5) is 15.8. The van der Waals surface area contributed by atoms with Crippen molar-refractivity contribution in [3.8, 4) is 0 Å². The van der Waals surface area contributed by atoms with E-state index in [2.05, 4.69) is 10.3 Å². The van der Waals surface area contributed by atoms with Gasteiger partial charge in [0.1, 0.15) is 6.04 Å². The van der Waals surface area contributed by atoms with Gasteiger partial charge in [0.25, 0.3) is 0 Å². The highest BCUT2D eigenvalue weighted by Gasteiger charge is 2.14. The first-order valence-electron chi connectivity index (χ1n) is 5.74. The first-order valence-corrected chi connectivity index (χ1v) is 5.74. The molecule has 0 spiro atoms. The fourth-order valence-electron chi connectivity index (χ4n) is 1.61. The van der Waals surface area contributed by atoms with Crippen LogP contribution in [0.2, 0.25) is 0 Å². The summed E-state index contributed by atoms with van der Waals surface area (Å²) in [7, 11) is 0. The number of nitrogens with two attached hydrogens (primary N) is 1. The summed E-state index contributed by atoms with van der Waals surface area (Å²) >= 11 is 0. The molecule has 2 aromatic rings. The Bertz CT molecular complexity index is 499. The van der Waals surface area contributed by atoms with E-state index in [1.54, 1.807) is 12.4 Å². The standard InChI is InChI=1S/C14H15N3O/c15-13(12-6-2-1-3-7-12)14(18)17-10-11-5-4-8-16-9-11/h1-9,13H,10,15H2,(H,17,18)/t13-/m1/s1. The predicted octanol–water partition coefficient (Wildman–Crippen LogP) is 1.40. The number of nitrogens with one attached hydrogen (secondary N) is 1. The monoisotopic (exact) mass is 241 g/mol. The lowest BCUT2D eigenvalue weighted by Gasteiger charge is -2.12. The van der Waals surface area contributed by atoms with Crippen molar-refractivity contribution in [1.29, 1.82) is 0 Å². The van der Waals surface area contributed by atoms with Gasteiger partial charge >= 0.3 is 0 Å².